The van der Waals surface area contributed by atoms with Gasteiger partial charge in [-0.2, -0.15) is 0 Å². The molecule has 1 rings (SSSR count). The third kappa shape index (κ3) is 1.53. The van der Waals surface area contributed by atoms with Crippen molar-refractivity contribution >= 4 is 0 Å². The van der Waals surface area contributed by atoms with Crippen LogP contribution in [0.1, 0.15) is 59.8 Å². The van der Waals surface area contributed by atoms with Gasteiger partial charge in [0.05, 0.1) is 0 Å². The summed E-state index contributed by atoms with van der Waals surface area (Å²) in [6, 6.07) is 0. The largest absolute Gasteiger partial charge is 0.0654 e. The van der Waals surface area contributed by atoms with Gasteiger partial charge in [0.25, 0.3) is 0 Å². The molecule has 0 nitrogen and oxygen atoms in total. The smallest absolute Gasteiger partial charge is 0.0243 e. The van der Waals surface area contributed by atoms with Gasteiger partial charge in [0.15, 0.2) is 0 Å². The molecule has 3 atom stereocenters. The lowest BCUT2D eigenvalue weighted by Gasteiger charge is -2.22. The molecule has 12 heavy (non-hydrogen) atoms. The van der Waals surface area contributed by atoms with Gasteiger partial charge in [-0.25, -0.2) is 0 Å². The van der Waals surface area contributed by atoms with Crippen molar-refractivity contribution in [1.29, 1.82) is 0 Å². The molecule has 0 aliphatic heterocycles. The van der Waals surface area contributed by atoms with Gasteiger partial charge in [0.1, 0.15) is 0 Å². The Labute approximate surface area is 77.7 Å². The van der Waals surface area contributed by atoms with Gasteiger partial charge < -0.3 is 0 Å². The maximum atomic E-state index is 2.44. The fraction of sp³-hybridized carbons (Fsp3) is 1.00. The summed E-state index contributed by atoms with van der Waals surface area (Å²) in [7, 11) is 0. The minimum absolute atomic E-state index is 0.769. The first-order valence-electron chi connectivity index (χ1n) is 5.71. The summed E-state index contributed by atoms with van der Waals surface area (Å²) in [5.74, 6) is 2.03. The molecule has 0 aromatic rings. The van der Waals surface area contributed by atoms with Gasteiger partial charge in [-0.1, -0.05) is 47.0 Å². The molecule has 1 aliphatic rings. The standard InChI is InChI=1S/C12H24/c1-5-8-11-9-12(11,7-3)10(4)6-2/h10-11H,5-9H2,1-4H3. The van der Waals surface area contributed by atoms with Crippen molar-refractivity contribution in [2.24, 2.45) is 17.3 Å². The van der Waals surface area contributed by atoms with Crippen LogP contribution in [0.5, 0.6) is 0 Å². The molecule has 72 valence electrons. The predicted molar refractivity (Wildman–Crippen MR) is 55.2 cm³/mol. The van der Waals surface area contributed by atoms with Gasteiger partial charge in [0, 0.05) is 0 Å². The van der Waals surface area contributed by atoms with Gasteiger partial charge >= 0.3 is 0 Å². The summed E-state index contributed by atoms with van der Waals surface area (Å²) >= 11 is 0. The molecule has 0 radical (unpaired) electrons. The van der Waals surface area contributed by atoms with Crippen LogP contribution in [0.4, 0.5) is 0 Å². The highest BCUT2D eigenvalue weighted by Crippen LogP contribution is 2.62. The summed E-state index contributed by atoms with van der Waals surface area (Å²) in [5.41, 5.74) is 0.769. The first kappa shape index (κ1) is 10.1. The van der Waals surface area contributed by atoms with Crippen molar-refractivity contribution in [3.05, 3.63) is 0 Å². The van der Waals surface area contributed by atoms with E-state index in [1.807, 2.05) is 0 Å². The Morgan fingerprint density at radius 1 is 1.33 bits per heavy atom. The number of rotatable bonds is 5. The summed E-state index contributed by atoms with van der Waals surface area (Å²) in [6.07, 6.45) is 7.15. The Balaban J connectivity index is 2.46. The van der Waals surface area contributed by atoms with E-state index in [4.69, 9.17) is 0 Å². The second kappa shape index (κ2) is 3.81. The summed E-state index contributed by atoms with van der Waals surface area (Å²) < 4.78 is 0. The SMILES string of the molecule is CCCC1CC1(CC)C(C)CC. The maximum Gasteiger partial charge on any atom is -0.0243 e. The molecule has 1 saturated carbocycles. The topological polar surface area (TPSA) is 0 Å². The van der Waals surface area contributed by atoms with Crippen molar-refractivity contribution in [3.63, 3.8) is 0 Å². The fourth-order valence-electron chi connectivity index (χ4n) is 2.93. The molecule has 0 bridgehead atoms. The lowest BCUT2D eigenvalue weighted by molar-refractivity contribution is 0.277. The molecule has 0 spiro atoms. The molecular weight excluding hydrogens is 144 g/mol. The van der Waals surface area contributed by atoms with Crippen molar-refractivity contribution in [2.45, 2.75) is 59.8 Å². The second-order valence-corrected chi connectivity index (χ2v) is 4.59. The van der Waals surface area contributed by atoms with Gasteiger partial charge in [-0.05, 0) is 30.1 Å². The van der Waals surface area contributed by atoms with Gasteiger partial charge in [-0.3, -0.25) is 0 Å². The Morgan fingerprint density at radius 3 is 2.42 bits per heavy atom. The van der Waals surface area contributed by atoms with Crippen molar-refractivity contribution in [1.82, 2.24) is 0 Å². The average Bonchev–Trinajstić information content (AvgIpc) is 2.79. The van der Waals surface area contributed by atoms with E-state index in [0.29, 0.717) is 0 Å². The van der Waals surface area contributed by atoms with Crippen molar-refractivity contribution < 1.29 is 0 Å². The Morgan fingerprint density at radius 2 is 2.00 bits per heavy atom. The van der Waals surface area contributed by atoms with Crippen LogP contribution in [0.25, 0.3) is 0 Å². The Kier molecular flexibility index (Phi) is 3.20. The molecule has 1 fully saturated rings. The summed E-state index contributed by atoms with van der Waals surface area (Å²) in [5, 5.41) is 0. The third-order valence-electron chi connectivity index (χ3n) is 4.17. The molecule has 0 N–H and O–H groups in total. The van der Waals surface area contributed by atoms with E-state index in [1.54, 1.807) is 0 Å². The van der Waals surface area contributed by atoms with Crippen LogP contribution in [0.15, 0.2) is 0 Å². The molecule has 0 aromatic carbocycles. The highest BCUT2D eigenvalue weighted by atomic mass is 14.6. The molecule has 3 unspecified atom stereocenters. The zero-order valence-corrected chi connectivity index (χ0v) is 9.19. The first-order chi connectivity index (χ1) is 5.71. The quantitative estimate of drug-likeness (QED) is 0.575. The van der Waals surface area contributed by atoms with Crippen LogP contribution in [0.2, 0.25) is 0 Å². The van der Waals surface area contributed by atoms with Gasteiger partial charge in [0.2, 0.25) is 0 Å². The second-order valence-electron chi connectivity index (χ2n) is 4.59. The van der Waals surface area contributed by atoms with E-state index in [-0.39, 0.29) is 0 Å². The third-order valence-corrected chi connectivity index (χ3v) is 4.17. The monoisotopic (exact) mass is 168 g/mol. The predicted octanol–water partition coefficient (Wildman–Crippen LogP) is 4.25. The molecule has 0 saturated heterocycles. The van der Waals surface area contributed by atoms with Crippen LogP contribution in [0, 0.1) is 17.3 Å². The van der Waals surface area contributed by atoms with Gasteiger partial charge in [-0.15, -0.1) is 0 Å². The lowest BCUT2D eigenvalue weighted by atomic mass is 9.83. The van der Waals surface area contributed by atoms with Crippen molar-refractivity contribution in [2.75, 3.05) is 0 Å². The zero-order chi connectivity index (χ0) is 9.19. The molecule has 0 heteroatoms. The molecule has 1 aliphatic carbocycles. The van der Waals surface area contributed by atoms with Crippen LogP contribution in [0.3, 0.4) is 0 Å². The highest BCUT2D eigenvalue weighted by Gasteiger charge is 2.53. The minimum Gasteiger partial charge on any atom is -0.0654 e. The van der Waals surface area contributed by atoms with Crippen LogP contribution < -0.4 is 0 Å². The molecular formula is C12H24. The van der Waals surface area contributed by atoms with E-state index in [2.05, 4.69) is 27.7 Å². The Hall–Kier alpha value is 0. The molecule has 0 aromatic heterocycles. The number of hydrogen-bond donors (Lipinski definition) is 0. The fourth-order valence-corrected chi connectivity index (χ4v) is 2.93. The zero-order valence-electron chi connectivity index (χ0n) is 9.19. The average molecular weight is 168 g/mol. The van der Waals surface area contributed by atoms with E-state index >= 15 is 0 Å². The lowest BCUT2D eigenvalue weighted by Crippen LogP contribution is -2.13. The van der Waals surface area contributed by atoms with E-state index in [1.165, 1.54) is 32.1 Å². The maximum absolute atomic E-state index is 2.44. The van der Waals surface area contributed by atoms with Crippen LogP contribution in [-0.2, 0) is 0 Å². The number of hydrogen-bond acceptors (Lipinski definition) is 0. The van der Waals surface area contributed by atoms with E-state index in [0.717, 1.165) is 17.3 Å². The van der Waals surface area contributed by atoms with E-state index in [9.17, 15) is 0 Å². The molecule has 0 heterocycles. The van der Waals surface area contributed by atoms with Crippen LogP contribution in [-0.4, -0.2) is 0 Å². The Bertz CT molecular complexity index is 139. The minimum atomic E-state index is 0.769. The highest BCUT2D eigenvalue weighted by molar-refractivity contribution is 5.03. The van der Waals surface area contributed by atoms with E-state index < -0.39 is 0 Å². The molecule has 0 amide bonds. The van der Waals surface area contributed by atoms with Crippen LogP contribution >= 0.6 is 0 Å². The summed E-state index contributed by atoms with van der Waals surface area (Å²) in [6.45, 7) is 9.47. The van der Waals surface area contributed by atoms with Crippen molar-refractivity contribution in [3.8, 4) is 0 Å². The normalized spacial score (nSPS) is 36.5. The summed E-state index contributed by atoms with van der Waals surface area (Å²) in [4.78, 5) is 0. The first-order valence-corrected chi connectivity index (χ1v) is 5.71.